The first-order chi connectivity index (χ1) is 12.5. The van der Waals surface area contributed by atoms with Crippen LogP contribution in [0.4, 0.5) is 10.2 Å². The summed E-state index contributed by atoms with van der Waals surface area (Å²) < 4.78 is 16.9. The standard InChI is InChI=1S/C16H11ClFN3OS.CO2/c1-9-2-4-12(17)11(6-9)10-3-5-14(19-7-10)21-16(22)15-13(18)8-20-23-15;2-1-3/h2-8H,1H3,(H,19,21,22);. The van der Waals surface area contributed by atoms with Gasteiger partial charge in [0.15, 0.2) is 5.82 Å². The number of aryl methyl sites for hydroxylation is 1. The lowest BCUT2D eigenvalue weighted by Gasteiger charge is -2.07. The first kappa shape index (κ1) is 19.4. The predicted octanol–water partition coefficient (Wildman–Crippen LogP) is 3.97. The van der Waals surface area contributed by atoms with Crippen LogP contribution in [0, 0.1) is 12.7 Å². The highest BCUT2D eigenvalue weighted by Crippen LogP contribution is 2.28. The van der Waals surface area contributed by atoms with Crippen LogP contribution in [0.15, 0.2) is 42.7 Å². The number of carbonyl (C=O) groups excluding carboxylic acids is 3. The molecule has 3 aromatic rings. The summed E-state index contributed by atoms with van der Waals surface area (Å²) in [7, 11) is 0. The minimum atomic E-state index is -0.643. The smallest absolute Gasteiger partial charge is 0.306 e. The Hall–Kier alpha value is -2.93. The van der Waals surface area contributed by atoms with Crippen molar-refractivity contribution in [2.75, 3.05) is 5.32 Å². The van der Waals surface area contributed by atoms with Crippen molar-refractivity contribution in [3.05, 3.63) is 64.0 Å². The molecule has 0 saturated carbocycles. The molecule has 1 aromatic carbocycles. The fourth-order valence-electron chi connectivity index (χ4n) is 2.04. The van der Waals surface area contributed by atoms with E-state index in [4.69, 9.17) is 21.2 Å². The van der Waals surface area contributed by atoms with E-state index in [0.717, 1.165) is 34.4 Å². The normalized spacial score (nSPS) is 9.65. The number of hydrogen-bond acceptors (Lipinski definition) is 6. The molecule has 0 saturated heterocycles. The Morgan fingerprint density at radius 2 is 1.96 bits per heavy atom. The number of benzene rings is 1. The highest BCUT2D eigenvalue weighted by Gasteiger charge is 2.15. The molecule has 0 atom stereocenters. The van der Waals surface area contributed by atoms with Gasteiger partial charge in [-0.2, -0.15) is 14.0 Å². The molecule has 0 radical (unpaired) electrons. The van der Waals surface area contributed by atoms with Crippen molar-refractivity contribution in [3.63, 3.8) is 0 Å². The molecule has 132 valence electrons. The Kier molecular flexibility index (Phi) is 6.68. The van der Waals surface area contributed by atoms with Gasteiger partial charge in [-0.3, -0.25) is 4.79 Å². The summed E-state index contributed by atoms with van der Waals surface area (Å²) in [4.78, 5) is 32.3. The van der Waals surface area contributed by atoms with E-state index in [9.17, 15) is 9.18 Å². The number of pyridine rings is 1. The van der Waals surface area contributed by atoms with Gasteiger partial charge in [0.05, 0.1) is 6.20 Å². The maximum atomic E-state index is 13.3. The summed E-state index contributed by atoms with van der Waals surface area (Å²) in [6.45, 7) is 1.98. The molecule has 6 nitrogen and oxygen atoms in total. The maximum absolute atomic E-state index is 13.3. The summed E-state index contributed by atoms with van der Waals surface area (Å²) >= 11 is 6.99. The third kappa shape index (κ3) is 4.80. The van der Waals surface area contributed by atoms with Crippen LogP contribution < -0.4 is 5.32 Å². The van der Waals surface area contributed by atoms with Crippen LogP contribution in [0.3, 0.4) is 0 Å². The van der Waals surface area contributed by atoms with Crippen molar-refractivity contribution in [1.82, 2.24) is 9.36 Å². The minimum Gasteiger partial charge on any atom is -0.306 e. The number of halogens is 2. The molecule has 0 aliphatic heterocycles. The lowest BCUT2D eigenvalue weighted by atomic mass is 10.1. The van der Waals surface area contributed by atoms with E-state index in [0.29, 0.717) is 10.8 Å². The number of amides is 1. The van der Waals surface area contributed by atoms with Crippen LogP contribution in [0.5, 0.6) is 0 Å². The van der Waals surface area contributed by atoms with Gasteiger partial charge >= 0.3 is 6.15 Å². The fourth-order valence-corrected chi connectivity index (χ4v) is 2.79. The third-order valence-electron chi connectivity index (χ3n) is 3.17. The highest BCUT2D eigenvalue weighted by molar-refractivity contribution is 7.08. The van der Waals surface area contributed by atoms with Gasteiger partial charge in [0.2, 0.25) is 0 Å². The zero-order valence-corrected chi connectivity index (χ0v) is 14.9. The molecule has 1 amide bonds. The van der Waals surface area contributed by atoms with Gasteiger partial charge < -0.3 is 5.32 Å². The molecular weight excluding hydrogens is 381 g/mol. The number of hydrogen-bond donors (Lipinski definition) is 1. The van der Waals surface area contributed by atoms with Crippen molar-refractivity contribution >= 4 is 41.0 Å². The van der Waals surface area contributed by atoms with Crippen molar-refractivity contribution in [1.29, 1.82) is 0 Å². The number of carbonyl (C=O) groups is 1. The van der Waals surface area contributed by atoms with E-state index >= 15 is 0 Å². The number of rotatable bonds is 3. The molecule has 2 heterocycles. The van der Waals surface area contributed by atoms with E-state index < -0.39 is 11.7 Å². The average molecular weight is 392 g/mol. The zero-order valence-electron chi connectivity index (χ0n) is 13.3. The Bertz CT molecular complexity index is 954. The molecule has 9 heteroatoms. The molecule has 0 aliphatic rings. The Balaban J connectivity index is 0.000000758. The summed E-state index contributed by atoms with van der Waals surface area (Å²) in [5.41, 5.74) is 2.79. The van der Waals surface area contributed by atoms with E-state index in [2.05, 4.69) is 14.7 Å². The molecule has 2 aromatic heterocycles. The van der Waals surface area contributed by atoms with Crippen LogP contribution in [0.1, 0.15) is 15.2 Å². The third-order valence-corrected chi connectivity index (χ3v) is 4.27. The number of nitrogens with one attached hydrogen (secondary N) is 1. The van der Waals surface area contributed by atoms with Crippen molar-refractivity contribution in [2.24, 2.45) is 0 Å². The Morgan fingerprint density at radius 3 is 2.54 bits per heavy atom. The van der Waals surface area contributed by atoms with Crippen LogP contribution in [-0.4, -0.2) is 21.4 Å². The first-order valence-electron chi connectivity index (χ1n) is 7.09. The Morgan fingerprint density at radius 1 is 1.23 bits per heavy atom. The van der Waals surface area contributed by atoms with E-state index in [1.165, 1.54) is 0 Å². The molecule has 3 rings (SSSR count). The van der Waals surface area contributed by atoms with Crippen molar-refractivity contribution < 1.29 is 18.8 Å². The summed E-state index contributed by atoms with van der Waals surface area (Å²) in [6, 6.07) is 9.16. The molecular formula is C17H11ClFN3O3S. The molecule has 0 bridgehead atoms. The second-order valence-electron chi connectivity index (χ2n) is 4.96. The van der Waals surface area contributed by atoms with Gasteiger partial charge in [-0.25, -0.2) is 9.37 Å². The van der Waals surface area contributed by atoms with Crippen molar-refractivity contribution in [2.45, 2.75) is 6.92 Å². The summed E-state index contributed by atoms with van der Waals surface area (Å²) in [5, 5.41) is 3.16. The van der Waals surface area contributed by atoms with Crippen LogP contribution in [-0.2, 0) is 9.59 Å². The molecule has 1 N–H and O–H groups in total. The SMILES string of the molecule is Cc1ccc(Cl)c(-c2ccc(NC(=O)c3sncc3F)nc2)c1.O=C=O. The number of aromatic nitrogens is 2. The lowest BCUT2D eigenvalue weighted by Crippen LogP contribution is -2.12. The topological polar surface area (TPSA) is 89.0 Å². The number of anilines is 1. The summed E-state index contributed by atoms with van der Waals surface area (Å²) in [5.74, 6) is -0.884. The maximum Gasteiger partial charge on any atom is 0.373 e. The van der Waals surface area contributed by atoms with Gasteiger partial charge in [0.1, 0.15) is 10.7 Å². The van der Waals surface area contributed by atoms with Crippen LogP contribution in [0.2, 0.25) is 5.02 Å². The monoisotopic (exact) mass is 391 g/mol. The Labute approximate surface area is 156 Å². The molecule has 0 fully saturated rings. The number of nitrogens with zero attached hydrogens (tertiary/aromatic N) is 2. The zero-order chi connectivity index (χ0) is 19.1. The largest absolute Gasteiger partial charge is 0.373 e. The predicted molar refractivity (Wildman–Crippen MR) is 94.5 cm³/mol. The van der Waals surface area contributed by atoms with Gasteiger partial charge in [-0.1, -0.05) is 23.2 Å². The fraction of sp³-hybridized carbons (Fsp3) is 0.0588. The van der Waals surface area contributed by atoms with Gasteiger partial charge in [-0.05, 0) is 42.7 Å². The van der Waals surface area contributed by atoms with Gasteiger partial charge in [0, 0.05) is 22.3 Å². The van der Waals surface area contributed by atoms with Crippen LogP contribution in [0.25, 0.3) is 11.1 Å². The highest BCUT2D eigenvalue weighted by atomic mass is 35.5. The van der Waals surface area contributed by atoms with Crippen LogP contribution >= 0.6 is 23.1 Å². The second-order valence-corrected chi connectivity index (χ2v) is 6.16. The van der Waals surface area contributed by atoms with E-state index in [1.54, 1.807) is 18.3 Å². The quantitative estimate of drug-likeness (QED) is 0.729. The summed E-state index contributed by atoms with van der Waals surface area (Å²) in [6.07, 6.45) is 2.87. The van der Waals surface area contributed by atoms with E-state index in [-0.39, 0.29) is 11.0 Å². The van der Waals surface area contributed by atoms with Crippen molar-refractivity contribution in [3.8, 4) is 11.1 Å². The van der Waals surface area contributed by atoms with E-state index in [1.807, 2.05) is 25.1 Å². The first-order valence-corrected chi connectivity index (χ1v) is 8.24. The van der Waals surface area contributed by atoms with Gasteiger partial charge in [0.25, 0.3) is 5.91 Å². The average Bonchev–Trinajstić information content (AvgIpc) is 3.05. The lowest BCUT2D eigenvalue weighted by molar-refractivity contribution is -0.191. The molecule has 0 aliphatic carbocycles. The molecule has 26 heavy (non-hydrogen) atoms. The molecule has 0 unspecified atom stereocenters. The van der Waals surface area contributed by atoms with Gasteiger partial charge in [-0.15, -0.1) is 0 Å². The molecule has 0 spiro atoms. The second kappa shape index (κ2) is 8.96. The minimum absolute atomic E-state index is 0.0717.